The zero-order valence-corrected chi connectivity index (χ0v) is 12.9. The Labute approximate surface area is 115 Å². The van der Waals surface area contributed by atoms with E-state index < -0.39 is 11.1 Å². The van der Waals surface area contributed by atoms with Gasteiger partial charge in [0.2, 0.25) is 11.8 Å². The van der Waals surface area contributed by atoms with Crippen LogP contribution in [0.4, 0.5) is 0 Å². The molecule has 1 fully saturated rings. The first-order valence-electron chi connectivity index (χ1n) is 6.86. The summed E-state index contributed by atoms with van der Waals surface area (Å²) in [4.78, 5) is 26.7. The van der Waals surface area contributed by atoms with Crippen LogP contribution in [-0.2, 0) is 14.3 Å². The summed E-state index contributed by atoms with van der Waals surface area (Å²) in [5.41, 5.74) is -1.62. The topological polar surface area (TPSA) is 58.6 Å². The van der Waals surface area contributed by atoms with Crippen LogP contribution in [0.25, 0.3) is 0 Å². The van der Waals surface area contributed by atoms with E-state index >= 15 is 0 Å². The van der Waals surface area contributed by atoms with Crippen LogP contribution in [0.3, 0.4) is 0 Å². The second kappa shape index (κ2) is 5.49. The van der Waals surface area contributed by atoms with E-state index in [9.17, 15) is 9.59 Å². The molecular weight excluding hydrogens is 244 g/mol. The number of carbonyl (C=O) groups is 2. The van der Waals surface area contributed by atoms with Crippen LogP contribution in [0.15, 0.2) is 0 Å². The molecule has 0 saturated carbocycles. The van der Waals surface area contributed by atoms with E-state index in [0.29, 0.717) is 13.0 Å². The lowest BCUT2D eigenvalue weighted by Gasteiger charge is -2.51. The summed E-state index contributed by atoms with van der Waals surface area (Å²) in [5.74, 6) is -0.107. The summed E-state index contributed by atoms with van der Waals surface area (Å²) < 4.78 is 5.08. The van der Waals surface area contributed by atoms with Gasteiger partial charge in [0, 0.05) is 19.8 Å². The average molecular weight is 270 g/mol. The molecule has 0 aromatic carbocycles. The van der Waals surface area contributed by atoms with Gasteiger partial charge in [-0.25, -0.2) is 0 Å². The van der Waals surface area contributed by atoms with Crippen LogP contribution in [0, 0.1) is 0 Å². The van der Waals surface area contributed by atoms with Crippen molar-refractivity contribution in [2.24, 2.45) is 0 Å². The maximum Gasteiger partial charge on any atom is 0.248 e. The van der Waals surface area contributed by atoms with Crippen LogP contribution >= 0.6 is 0 Å². The number of hydrogen-bond donors (Lipinski definition) is 1. The molecule has 2 unspecified atom stereocenters. The van der Waals surface area contributed by atoms with Gasteiger partial charge >= 0.3 is 0 Å². The Morgan fingerprint density at radius 2 is 1.89 bits per heavy atom. The van der Waals surface area contributed by atoms with Crippen molar-refractivity contribution in [1.29, 1.82) is 0 Å². The van der Waals surface area contributed by atoms with Crippen LogP contribution < -0.4 is 5.32 Å². The summed E-state index contributed by atoms with van der Waals surface area (Å²) in [6.07, 6.45) is 1.32. The van der Waals surface area contributed by atoms with Crippen molar-refractivity contribution in [3.63, 3.8) is 0 Å². The van der Waals surface area contributed by atoms with Crippen LogP contribution in [0.2, 0.25) is 0 Å². The van der Waals surface area contributed by atoms with Crippen molar-refractivity contribution in [1.82, 2.24) is 10.2 Å². The monoisotopic (exact) mass is 270 g/mol. The minimum Gasteiger partial charge on any atom is -0.385 e. The molecule has 110 valence electrons. The number of nitrogens with zero attached hydrogens (tertiary/aromatic N) is 1. The average Bonchev–Trinajstić information content (AvgIpc) is 2.34. The highest BCUT2D eigenvalue weighted by molar-refractivity contribution is 6.01. The summed E-state index contributed by atoms with van der Waals surface area (Å²) in [5, 5.41) is 2.83. The lowest BCUT2D eigenvalue weighted by molar-refractivity contribution is -0.164. The maximum absolute atomic E-state index is 12.6. The van der Waals surface area contributed by atoms with E-state index in [2.05, 4.69) is 5.32 Å². The van der Waals surface area contributed by atoms with Gasteiger partial charge in [-0.1, -0.05) is 6.92 Å². The fraction of sp³-hybridized carbons (Fsp3) is 0.857. The zero-order chi connectivity index (χ0) is 14.8. The third-order valence-corrected chi connectivity index (χ3v) is 4.07. The van der Waals surface area contributed by atoms with Gasteiger partial charge in [-0.05, 0) is 40.5 Å². The first-order chi connectivity index (χ1) is 8.70. The Hall–Kier alpha value is -1.10. The van der Waals surface area contributed by atoms with Crippen molar-refractivity contribution >= 4 is 11.8 Å². The van der Waals surface area contributed by atoms with Crippen LogP contribution in [-0.4, -0.2) is 47.6 Å². The number of hydrogen-bond acceptors (Lipinski definition) is 3. The molecule has 0 bridgehead atoms. The molecule has 0 spiro atoms. The normalized spacial score (nSPS) is 28.2. The van der Waals surface area contributed by atoms with E-state index in [1.807, 2.05) is 20.8 Å². The molecule has 0 aromatic heterocycles. The van der Waals surface area contributed by atoms with Crippen molar-refractivity contribution in [2.45, 2.75) is 64.6 Å². The molecule has 1 N–H and O–H groups in total. The molecule has 0 radical (unpaired) electrons. The Morgan fingerprint density at radius 3 is 2.37 bits per heavy atom. The highest BCUT2D eigenvalue weighted by atomic mass is 16.5. The Bertz CT molecular complexity index is 368. The van der Waals surface area contributed by atoms with Gasteiger partial charge < -0.3 is 15.0 Å². The minimum absolute atomic E-state index is 0.0253. The highest BCUT2D eigenvalue weighted by Gasteiger charge is 2.52. The number of piperazine rings is 1. The van der Waals surface area contributed by atoms with Gasteiger partial charge in [-0.2, -0.15) is 0 Å². The molecule has 1 aliphatic rings. The molecule has 0 aromatic rings. The second-order valence-corrected chi connectivity index (χ2v) is 6.01. The smallest absolute Gasteiger partial charge is 0.248 e. The van der Waals surface area contributed by atoms with Gasteiger partial charge in [0.25, 0.3) is 0 Å². The summed E-state index contributed by atoms with van der Waals surface area (Å²) in [6.45, 7) is 9.81. The standard InChI is InChI=1S/C14H26N2O3/c1-7-14(5)11(17)15-13(3,4)12(18)16(14)10(2)8-9-19-6/h10H,7-9H2,1-6H3,(H,15,17). The predicted octanol–water partition coefficient (Wildman–Crippen LogP) is 1.32. The Balaban J connectivity index is 3.10. The number of rotatable bonds is 5. The fourth-order valence-electron chi connectivity index (χ4n) is 2.54. The largest absolute Gasteiger partial charge is 0.385 e. The molecule has 1 heterocycles. The van der Waals surface area contributed by atoms with E-state index in [4.69, 9.17) is 4.74 Å². The molecule has 19 heavy (non-hydrogen) atoms. The predicted molar refractivity (Wildman–Crippen MR) is 73.7 cm³/mol. The van der Waals surface area contributed by atoms with Gasteiger partial charge in [-0.15, -0.1) is 0 Å². The molecule has 1 rings (SSSR count). The zero-order valence-electron chi connectivity index (χ0n) is 12.9. The van der Waals surface area contributed by atoms with Crippen molar-refractivity contribution < 1.29 is 14.3 Å². The third kappa shape index (κ3) is 2.76. The minimum atomic E-state index is -0.840. The van der Waals surface area contributed by atoms with Gasteiger partial charge in [0.1, 0.15) is 11.1 Å². The van der Waals surface area contributed by atoms with Crippen molar-refractivity contribution in [2.75, 3.05) is 13.7 Å². The van der Waals surface area contributed by atoms with E-state index in [1.165, 1.54) is 0 Å². The van der Waals surface area contributed by atoms with Gasteiger partial charge in [0.05, 0.1) is 0 Å². The molecule has 0 aliphatic carbocycles. The second-order valence-electron chi connectivity index (χ2n) is 6.01. The van der Waals surface area contributed by atoms with Crippen LogP contribution in [0.5, 0.6) is 0 Å². The summed E-state index contributed by atoms with van der Waals surface area (Å²) in [6, 6.07) is -0.0253. The summed E-state index contributed by atoms with van der Waals surface area (Å²) >= 11 is 0. The fourth-order valence-corrected chi connectivity index (χ4v) is 2.54. The van der Waals surface area contributed by atoms with E-state index in [-0.39, 0.29) is 17.9 Å². The molecule has 2 atom stereocenters. The van der Waals surface area contributed by atoms with Gasteiger partial charge in [0.15, 0.2) is 0 Å². The van der Waals surface area contributed by atoms with Gasteiger partial charge in [-0.3, -0.25) is 9.59 Å². The van der Waals surface area contributed by atoms with Crippen molar-refractivity contribution in [3.8, 4) is 0 Å². The lowest BCUT2D eigenvalue weighted by atomic mass is 9.84. The third-order valence-electron chi connectivity index (χ3n) is 4.07. The van der Waals surface area contributed by atoms with E-state index in [0.717, 1.165) is 6.42 Å². The highest BCUT2D eigenvalue weighted by Crippen LogP contribution is 2.31. The quantitative estimate of drug-likeness (QED) is 0.819. The molecule has 5 heteroatoms. The number of carbonyl (C=O) groups excluding carboxylic acids is 2. The Morgan fingerprint density at radius 1 is 1.32 bits per heavy atom. The molecule has 1 aliphatic heterocycles. The SMILES string of the molecule is CCC1(C)C(=O)NC(C)(C)C(=O)N1C(C)CCOC. The molecule has 1 saturated heterocycles. The number of methoxy groups -OCH3 is 1. The number of ether oxygens (including phenoxy) is 1. The first kappa shape index (κ1) is 16.0. The number of amides is 2. The summed E-state index contributed by atoms with van der Waals surface area (Å²) in [7, 11) is 1.64. The maximum atomic E-state index is 12.6. The molecule has 5 nitrogen and oxygen atoms in total. The number of nitrogens with one attached hydrogen (secondary N) is 1. The molecule has 2 amide bonds. The Kier molecular flexibility index (Phi) is 4.61. The van der Waals surface area contributed by atoms with Crippen molar-refractivity contribution in [3.05, 3.63) is 0 Å². The van der Waals surface area contributed by atoms with Crippen LogP contribution in [0.1, 0.15) is 47.5 Å². The lowest BCUT2D eigenvalue weighted by Crippen LogP contribution is -2.74. The first-order valence-corrected chi connectivity index (χ1v) is 6.86. The molecular formula is C14H26N2O3. The van der Waals surface area contributed by atoms with E-state index in [1.54, 1.807) is 25.9 Å².